The fourth-order valence-electron chi connectivity index (χ4n) is 3.02. The maximum atomic E-state index is 12.9. The van der Waals surface area contributed by atoms with E-state index in [1.54, 1.807) is 31.7 Å². The number of halogens is 3. The number of nitriles is 1. The lowest BCUT2D eigenvalue weighted by molar-refractivity contribution is -0.137. The molecule has 0 aromatic heterocycles. The lowest BCUT2D eigenvalue weighted by Crippen LogP contribution is -2.45. The highest BCUT2D eigenvalue weighted by molar-refractivity contribution is 5.68. The van der Waals surface area contributed by atoms with Crippen molar-refractivity contribution in [3.05, 3.63) is 35.4 Å². The molecule has 1 heterocycles. The summed E-state index contributed by atoms with van der Waals surface area (Å²) in [6.45, 7) is 6.04. The summed E-state index contributed by atoms with van der Waals surface area (Å²) in [5.41, 5.74) is -1.61. The van der Waals surface area contributed by atoms with Gasteiger partial charge in [0.1, 0.15) is 5.60 Å². The summed E-state index contributed by atoms with van der Waals surface area (Å²) in [5.74, 6) is 0. The molecule has 1 aromatic carbocycles. The van der Waals surface area contributed by atoms with E-state index in [-0.39, 0.29) is 6.42 Å². The molecule has 1 saturated heterocycles. The number of piperidine rings is 1. The number of nitrogens with zero attached hydrogens (tertiary/aromatic N) is 2. The minimum atomic E-state index is -4.41. The molecular formula is C19H23F3N2O2. The monoisotopic (exact) mass is 368 g/mol. The van der Waals surface area contributed by atoms with Crippen molar-refractivity contribution in [3.8, 4) is 6.07 Å². The molecule has 26 heavy (non-hydrogen) atoms. The van der Waals surface area contributed by atoms with Crippen LogP contribution in [-0.4, -0.2) is 29.7 Å². The third kappa shape index (κ3) is 5.13. The summed E-state index contributed by atoms with van der Waals surface area (Å²) in [7, 11) is 0. The maximum absolute atomic E-state index is 12.9. The quantitative estimate of drug-likeness (QED) is 0.754. The molecule has 1 fully saturated rings. The smallest absolute Gasteiger partial charge is 0.416 e. The van der Waals surface area contributed by atoms with E-state index >= 15 is 0 Å². The Labute approximate surface area is 151 Å². The number of benzene rings is 1. The van der Waals surface area contributed by atoms with E-state index in [9.17, 15) is 23.2 Å². The molecule has 1 amide bonds. The Hall–Kier alpha value is -2.23. The molecule has 0 radical (unpaired) electrons. The Morgan fingerprint density at radius 2 is 1.88 bits per heavy atom. The molecule has 0 atom stereocenters. The lowest BCUT2D eigenvalue weighted by Gasteiger charge is -2.38. The van der Waals surface area contributed by atoms with Gasteiger partial charge in [0.2, 0.25) is 0 Å². The first kappa shape index (κ1) is 20.1. The van der Waals surface area contributed by atoms with Crippen molar-refractivity contribution in [2.75, 3.05) is 13.1 Å². The second-order valence-electron chi connectivity index (χ2n) is 7.73. The fraction of sp³-hybridized carbons (Fsp3) is 0.579. The van der Waals surface area contributed by atoms with Gasteiger partial charge in [-0.2, -0.15) is 18.4 Å². The molecule has 0 bridgehead atoms. The molecule has 1 aliphatic heterocycles. The van der Waals surface area contributed by atoms with Crippen LogP contribution >= 0.6 is 0 Å². The van der Waals surface area contributed by atoms with Crippen LogP contribution in [0, 0.1) is 16.7 Å². The number of hydrogen-bond donors (Lipinski definition) is 0. The van der Waals surface area contributed by atoms with Gasteiger partial charge in [-0.05, 0) is 51.7 Å². The van der Waals surface area contributed by atoms with Crippen LogP contribution in [0.4, 0.5) is 18.0 Å². The van der Waals surface area contributed by atoms with Gasteiger partial charge in [0.05, 0.1) is 17.0 Å². The minimum Gasteiger partial charge on any atom is -0.444 e. The van der Waals surface area contributed by atoms with E-state index in [0.717, 1.165) is 12.1 Å². The number of hydrogen-bond acceptors (Lipinski definition) is 3. The van der Waals surface area contributed by atoms with Crippen LogP contribution < -0.4 is 0 Å². The lowest BCUT2D eigenvalue weighted by atomic mass is 9.75. The van der Waals surface area contributed by atoms with Gasteiger partial charge in [-0.25, -0.2) is 4.79 Å². The molecular weight excluding hydrogens is 345 g/mol. The molecule has 0 spiro atoms. The van der Waals surface area contributed by atoms with Gasteiger partial charge in [0.15, 0.2) is 0 Å². The number of carbonyl (C=O) groups excluding carboxylic acids is 1. The van der Waals surface area contributed by atoms with E-state index in [2.05, 4.69) is 6.07 Å². The average Bonchev–Trinajstić information content (AvgIpc) is 2.53. The molecule has 0 N–H and O–H groups in total. The minimum absolute atomic E-state index is 0.232. The number of amides is 1. The molecule has 2 rings (SSSR count). The van der Waals surface area contributed by atoms with Crippen molar-refractivity contribution in [1.29, 1.82) is 5.26 Å². The Kier molecular flexibility index (Phi) is 5.55. The Bertz CT molecular complexity index is 694. The van der Waals surface area contributed by atoms with E-state index in [1.807, 2.05) is 0 Å². The molecule has 1 aromatic rings. The second-order valence-corrected chi connectivity index (χ2v) is 7.73. The van der Waals surface area contributed by atoms with Crippen molar-refractivity contribution in [3.63, 3.8) is 0 Å². The number of carbonyl (C=O) groups is 1. The van der Waals surface area contributed by atoms with Gasteiger partial charge in [-0.1, -0.05) is 18.2 Å². The van der Waals surface area contributed by atoms with Crippen LogP contribution in [-0.2, 0) is 17.3 Å². The summed E-state index contributed by atoms with van der Waals surface area (Å²) < 4.78 is 44.0. The molecule has 4 nitrogen and oxygen atoms in total. The van der Waals surface area contributed by atoms with Crippen LogP contribution in [0.1, 0.15) is 44.7 Å². The highest BCUT2D eigenvalue weighted by Gasteiger charge is 2.38. The molecule has 0 saturated carbocycles. The van der Waals surface area contributed by atoms with Crippen molar-refractivity contribution >= 4 is 6.09 Å². The fourth-order valence-corrected chi connectivity index (χ4v) is 3.02. The molecule has 0 unspecified atom stereocenters. The first-order chi connectivity index (χ1) is 11.9. The molecule has 7 heteroatoms. The van der Waals surface area contributed by atoms with Gasteiger partial charge in [0, 0.05) is 13.1 Å². The zero-order valence-electron chi connectivity index (χ0n) is 15.2. The average molecular weight is 368 g/mol. The van der Waals surface area contributed by atoms with E-state index in [1.165, 1.54) is 6.07 Å². The largest absolute Gasteiger partial charge is 0.444 e. The highest BCUT2D eigenvalue weighted by atomic mass is 19.4. The van der Waals surface area contributed by atoms with Crippen LogP contribution in [0.25, 0.3) is 0 Å². The zero-order chi connectivity index (χ0) is 19.6. The Balaban J connectivity index is 2.06. The van der Waals surface area contributed by atoms with E-state index < -0.39 is 28.8 Å². The van der Waals surface area contributed by atoms with Crippen molar-refractivity contribution < 1.29 is 22.7 Å². The first-order valence-corrected chi connectivity index (χ1v) is 8.49. The van der Waals surface area contributed by atoms with Crippen molar-refractivity contribution in [1.82, 2.24) is 4.90 Å². The summed E-state index contributed by atoms with van der Waals surface area (Å²) >= 11 is 0. The van der Waals surface area contributed by atoms with Gasteiger partial charge in [0.25, 0.3) is 0 Å². The normalized spacial score (nSPS) is 17.5. The molecule has 1 aliphatic rings. The maximum Gasteiger partial charge on any atom is 0.416 e. The van der Waals surface area contributed by atoms with Crippen LogP contribution in [0.3, 0.4) is 0 Å². The molecule has 0 aliphatic carbocycles. The highest BCUT2D eigenvalue weighted by Crippen LogP contribution is 2.36. The van der Waals surface area contributed by atoms with Gasteiger partial charge in [-0.15, -0.1) is 0 Å². The van der Waals surface area contributed by atoms with Gasteiger partial charge >= 0.3 is 12.3 Å². The van der Waals surface area contributed by atoms with Crippen molar-refractivity contribution in [2.45, 2.75) is 51.8 Å². The number of rotatable bonds is 2. The second kappa shape index (κ2) is 7.18. The molecule has 142 valence electrons. The number of alkyl halides is 3. The van der Waals surface area contributed by atoms with E-state index in [4.69, 9.17) is 4.74 Å². The summed E-state index contributed by atoms with van der Waals surface area (Å²) in [6.07, 6.45) is -3.80. The Morgan fingerprint density at radius 1 is 1.27 bits per heavy atom. The third-order valence-electron chi connectivity index (χ3n) is 4.41. The van der Waals surface area contributed by atoms with Crippen LogP contribution in [0.2, 0.25) is 0 Å². The number of likely N-dealkylation sites (tertiary alicyclic amines) is 1. The van der Waals surface area contributed by atoms with Gasteiger partial charge in [-0.3, -0.25) is 0 Å². The zero-order valence-corrected chi connectivity index (χ0v) is 15.2. The first-order valence-electron chi connectivity index (χ1n) is 8.49. The van der Waals surface area contributed by atoms with Crippen LogP contribution in [0.5, 0.6) is 0 Å². The van der Waals surface area contributed by atoms with Crippen molar-refractivity contribution in [2.24, 2.45) is 5.41 Å². The standard InChI is InChI=1S/C19H23F3N2O2/c1-17(2,3)26-16(25)24-9-7-18(13-23,8-10-24)12-14-5-4-6-15(11-14)19(20,21)22/h4-6,11H,7-10,12H2,1-3H3. The summed E-state index contributed by atoms with van der Waals surface area (Å²) in [6, 6.07) is 7.36. The SMILES string of the molecule is CC(C)(C)OC(=O)N1CCC(C#N)(Cc2cccc(C(F)(F)F)c2)CC1. The summed E-state index contributed by atoms with van der Waals surface area (Å²) in [5, 5.41) is 9.64. The summed E-state index contributed by atoms with van der Waals surface area (Å²) in [4.78, 5) is 13.7. The number of ether oxygens (including phenoxy) is 1. The van der Waals surface area contributed by atoms with Crippen LogP contribution in [0.15, 0.2) is 24.3 Å². The predicted molar refractivity (Wildman–Crippen MR) is 90.2 cm³/mol. The van der Waals surface area contributed by atoms with Gasteiger partial charge < -0.3 is 9.64 Å². The van der Waals surface area contributed by atoms with E-state index in [0.29, 0.717) is 31.5 Å². The topological polar surface area (TPSA) is 53.3 Å². The third-order valence-corrected chi connectivity index (χ3v) is 4.41. The Morgan fingerprint density at radius 3 is 2.38 bits per heavy atom. The predicted octanol–water partition coefficient (Wildman–Crippen LogP) is 4.79.